The van der Waals surface area contributed by atoms with Crippen molar-refractivity contribution in [1.29, 1.82) is 0 Å². The van der Waals surface area contributed by atoms with Gasteiger partial charge in [-0.05, 0) is 12.1 Å². The number of nitrogens with zero attached hydrogens (tertiary/aromatic N) is 3. The highest BCUT2D eigenvalue weighted by Gasteiger charge is 2.14. The third-order valence-electron chi connectivity index (χ3n) is 2.02. The molecule has 0 saturated carbocycles. The highest BCUT2D eigenvalue weighted by Crippen LogP contribution is 2.25. The van der Waals surface area contributed by atoms with Gasteiger partial charge in [0, 0.05) is 0 Å². The van der Waals surface area contributed by atoms with Crippen molar-refractivity contribution >= 4 is 11.6 Å². The second kappa shape index (κ2) is 2.22. The van der Waals surface area contributed by atoms with Gasteiger partial charge in [0.05, 0.1) is 11.4 Å². The molecule has 1 aromatic heterocycles. The maximum Gasteiger partial charge on any atom is 0.247 e. The average Bonchev–Trinajstić information content (AvgIpc) is 2.65. The molecule has 0 spiro atoms. The molecule has 2 heterocycles. The Morgan fingerprint density at radius 3 is 3.08 bits per heavy atom. The van der Waals surface area contributed by atoms with E-state index in [4.69, 9.17) is 0 Å². The molecule has 0 bridgehead atoms. The SMILES string of the molecule is c1ccc2c(c1)NNc1nncn1-2. The van der Waals surface area contributed by atoms with E-state index >= 15 is 0 Å². The maximum absolute atomic E-state index is 3.89. The summed E-state index contributed by atoms with van der Waals surface area (Å²) < 4.78 is 1.89. The summed E-state index contributed by atoms with van der Waals surface area (Å²) in [4.78, 5) is 0. The molecule has 1 aliphatic heterocycles. The van der Waals surface area contributed by atoms with E-state index in [1.165, 1.54) is 0 Å². The van der Waals surface area contributed by atoms with Gasteiger partial charge in [0.25, 0.3) is 0 Å². The van der Waals surface area contributed by atoms with Crippen molar-refractivity contribution in [3.05, 3.63) is 30.6 Å². The first-order chi connectivity index (χ1) is 6.45. The number of para-hydroxylation sites is 2. The monoisotopic (exact) mass is 173 g/mol. The van der Waals surface area contributed by atoms with Gasteiger partial charge in [-0.15, -0.1) is 10.2 Å². The van der Waals surface area contributed by atoms with E-state index in [0.29, 0.717) is 5.95 Å². The summed E-state index contributed by atoms with van der Waals surface area (Å²) in [5.41, 5.74) is 8.05. The van der Waals surface area contributed by atoms with Crippen molar-refractivity contribution in [1.82, 2.24) is 14.8 Å². The minimum absolute atomic E-state index is 0.707. The number of fused-ring (bicyclic) bond motifs is 3. The van der Waals surface area contributed by atoms with Crippen molar-refractivity contribution in [3.8, 4) is 5.69 Å². The molecule has 2 aromatic rings. The molecule has 3 rings (SSSR count). The van der Waals surface area contributed by atoms with Crippen molar-refractivity contribution in [2.45, 2.75) is 0 Å². The number of hydrogen-bond donors (Lipinski definition) is 2. The molecular formula is C8H7N5. The molecule has 64 valence electrons. The van der Waals surface area contributed by atoms with Crippen LogP contribution in [0.15, 0.2) is 30.6 Å². The Balaban J connectivity index is 2.30. The third-order valence-corrected chi connectivity index (χ3v) is 2.02. The van der Waals surface area contributed by atoms with Crippen LogP contribution >= 0.6 is 0 Å². The zero-order valence-electron chi connectivity index (χ0n) is 6.73. The molecule has 0 unspecified atom stereocenters. The lowest BCUT2D eigenvalue weighted by Gasteiger charge is -2.19. The third kappa shape index (κ3) is 0.807. The van der Waals surface area contributed by atoms with E-state index in [9.17, 15) is 0 Å². The molecule has 5 nitrogen and oxygen atoms in total. The van der Waals surface area contributed by atoms with E-state index < -0.39 is 0 Å². The fourth-order valence-corrected chi connectivity index (χ4v) is 1.41. The van der Waals surface area contributed by atoms with Crippen LogP contribution in [0, 0.1) is 0 Å². The average molecular weight is 173 g/mol. The van der Waals surface area contributed by atoms with Crippen LogP contribution in [0.25, 0.3) is 5.69 Å². The number of aromatic nitrogens is 3. The maximum atomic E-state index is 3.89. The van der Waals surface area contributed by atoms with Crippen molar-refractivity contribution in [2.24, 2.45) is 0 Å². The second-order valence-electron chi connectivity index (χ2n) is 2.79. The summed E-state index contributed by atoms with van der Waals surface area (Å²) in [6.45, 7) is 0. The zero-order chi connectivity index (χ0) is 8.67. The lowest BCUT2D eigenvalue weighted by atomic mass is 10.2. The Morgan fingerprint density at radius 1 is 1.15 bits per heavy atom. The quantitative estimate of drug-likeness (QED) is 0.624. The summed E-state index contributed by atoms with van der Waals surface area (Å²) in [6, 6.07) is 7.96. The minimum Gasteiger partial charge on any atom is -0.296 e. The Morgan fingerprint density at radius 2 is 2.08 bits per heavy atom. The van der Waals surface area contributed by atoms with Gasteiger partial charge in [0.1, 0.15) is 6.33 Å². The Labute approximate surface area is 74.4 Å². The first-order valence-electron chi connectivity index (χ1n) is 3.96. The van der Waals surface area contributed by atoms with Gasteiger partial charge in [-0.2, -0.15) is 0 Å². The number of hydrogen-bond acceptors (Lipinski definition) is 4. The van der Waals surface area contributed by atoms with E-state index in [1.807, 2.05) is 28.8 Å². The van der Waals surface area contributed by atoms with E-state index in [0.717, 1.165) is 11.4 Å². The van der Waals surface area contributed by atoms with Gasteiger partial charge in [-0.25, -0.2) is 0 Å². The van der Waals surface area contributed by atoms with Gasteiger partial charge in [0.2, 0.25) is 5.95 Å². The van der Waals surface area contributed by atoms with Crippen LogP contribution in [0.1, 0.15) is 0 Å². The molecule has 5 heteroatoms. The van der Waals surface area contributed by atoms with Gasteiger partial charge < -0.3 is 0 Å². The topological polar surface area (TPSA) is 54.8 Å². The molecule has 0 atom stereocenters. The predicted molar refractivity (Wildman–Crippen MR) is 48.6 cm³/mol. The first-order valence-corrected chi connectivity index (χ1v) is 3.96. The number of hydrazine groups is 1. The van der Waals surface area contributed by atoms with Crippen molar-refractivity contribution < 1.29 is 0 Å². The molecule has 0 fully saturated rings. The van der Waals surface area contributed by atoms with E-state index in [1.54, 1.807) is 6.33 Å². The molecule has 2 N–H and O–H groups in total. The van der Waals surface area contributed by atoms with Gasteiger partial charge >= 0.3 is 0 Å². The Kier molecular flexibility index (Phi) is 1.11. The van der Waals surface area contributed by atoms with Crippen LogP contribution in [-0.4, -0.2) is 14.8 Å². The Hall–Kier alpha value is -2.04. The molecule has 0 radical (unpaired) electrons. The van der Waals surface area contributed by atoms with Crippen molar-refractivity contribution in [3.63, 3.8) is 0 Å². The van der Waals surface area contributed by atoms with Crippen LogP contribution in [0.4, 0.5) is 11.6 Å². The minimum atomic E-state index is 0.707. The largest absolute Gasteiger partial charge is 0.296 e. The molecule has 1 aliphatic rings. The molecule has 0 aliphatic carbocycles. The zero-order valence-corrected chi connectivity index (χ0v) is 6.73. The molecule has 1 aromatic carbocycles. The fraction of sp³-hybridized carbons (Fsp3) is 0. The summed E-state index contributed by atoms with van der Waals surface area (Å²) in [7, 11) is 0. The lowest BCUT2D eigenvalue weighted by Crippen LogP contribution is -2.19. The molecular weight excluding hydrogens is 166 g/mol. The molecule has 0 amide bonds. The highest BCUT2D eigenvalue weighted by molar-refractivity contribution is 5.67. The summed E-state index contributed by atoms with van der Waals surface area (Å²) in [5.74, 6) is 0.707. The van der Waals surface area contributed by atoms with Gasteiger partial charge in [-0.1, -0.05) is 12.1 Å². The molecule has 0 saturated heterocycles. The summed E-state index contributed by atoms with van der Waals surface area (Å²) >= 11 is 0. The van der Waals surface area contributed by atoms with Gasteiger partial charge in [0.15, 0.2) is 0 Å². The second-order valence-corrected chi connectivity index (χ2v) is 2.79. The smallest absolute Gasteiger partial charge is 0.247 e. The molecule has 13 heavy (non-hydrogen) atoms. The lowest BCUT2D eigenvalue weighted by molar-refractivity contribution is 1.02. The Bertz CT molecular complexity index is 447. The van der Waals surface area contributed by atoms with Gasteiger partial charge in [-0.3, -0.25) is 15.4 Å². The predicted octanol–water partition coefficient (Wildman–Crippen LogP) is 1.02. The summed E-state index contributed by atoms with van der Waals surface area (Å²) in [6.07, 6.45) is 1.68. The van der Waals surface area contributed by atoms with Crippen LogP contribution in [-0.2, 0) is 0 Å². The highest BCUT2D eigenvalue weighted by atomic mass is 15.5. The number of nitrogens with one attached hydrogen (secondary N) is 2. The number of anilines is 2. The van der Waals surface area contributed by atoms with Crippen LogP contribution in [0.3, 0.4) is 0 Å². The summed E-state index contributed by atoms with van der Waals surface area (Å²) in [5, 5.41) is 7.71. The number of rotatable bonds is 0. The van der Waals surface area contributed by atoms with Crippen molar-refractivity contribution in [2.75, 3.05) is 10.9 Å². The van der Waals surface area contributed by atoms with Crippen LogP contribution < -0.4 is 10.9 Å². The fourth-order valence-electron chi connectivity index (χ4n) is 1.41. The standard InChI is InChI=1S/C8H7N5/c1-2-4-7-6(3-1)10-12-8-11-9-5-13(7)8/h1-5,10H,(H,11,12). The van der Waals surface area contributed by atoms with E-state index in [2.05, 4.69) is 21.0 Å². The van der Waals surface area contributed by atoms with Crippen LogP contribution in [0.2, 0.25) is 0 Å². The normalized spacial score (nSPS) is 12.3. The van der Waals surface area contributed by atoms with Crippen LogP contribution in [0.5, 0.6) is 0 Å². The first kappa shape index (κ1) is 6.47. The number of benzene rings is 1. The van der Waals surface area contributed by atoms with E-state index in [-0.39, 0.29) is 0 Å².